The maximum Gasteiger partial charge on any atom is 0.409 e. The zero-order chi connectivity index (χ0) is 15.1. The van der Waals surface area contributed by atoms with Crippen LogP contribution in [0, 0.1) is 5.92 Å². The maximum atomic E-state index is 11.7. The van der Waals surface area contributed by atoms with Crippen LogP contribution in [0.5, 0.6) is 0 Å². The van der Waals surface area contributed by atoms with Gasteiger partial charge in [-0.15, -0.1) is 0 Å². The number of rotatable bonds is 4. The molecule has 0 spiro atoms. The molecule has 1 aliphatic rings. The molecule has 0 radical (unpaired) electrons. The third-order valence-corrected chi connectivity index (χ3v) is 3.55. The SMILES string of the molecule is COC(=O)N1CCC(CNC(=O)/C=C/c2ccco2)CC1. The zero-order valence-electron chi connectivity index (χ0n) is 12.1. The lowest BCUT2D eigenvalue weighted by atomic mass is 9.97. The van der Waals surface area contributed by atoms with E-state index >= 15 is 0 Å². The summed E-state index contributed by atoms with van der Waals surface area (Å²) in [4.78, 5) is 24.7. The van der Waals surface area contributed by atoms with Crippen LogP contribution in [-0.4, -0.2) is 43.6 Å². The van der Waals surface area contributed by atoms with Crippen LogP contribution in [0.1, 0.15) is 18.6 Å². The van der Waals surface area contributed by atoms with Gasteiger partial charge in [0.25, 0.3) is 0 Å². The van der Waals surface area contributed by atoms with E-state index in [1.54, 1.807) is 29.4 Å². The predicted octanol–water partition coefficient (Wildman–Crippen LogP) is 1.89. The molecule has 0 aromatic carbocycles. The average molecular weight is 292 g/mol. The molecular weight excluding hydrogens is 272 g/mol. The van der Waals surface area contributed by atoms with E-state index in [1.807, 2.05) is 0 Å². The monoisotopic (exact) mass is 292 g/mol. The molecule has 0 atom stereocenters. The molecule has 0 aliphatic carbocycles. The average Bonchev–Trinajstić information content (AvgIpc) is 3.04. The van der Waals surface area contributed by atoms with E-state index in [9.17, 15) is 9.59 Å². The van der Waals surface area contributed by atoms with Gasteiger partial charge in [-0.3, -0.25) is 4.79 Å². The Hall–Kier alpha value is -2.24. The van der Waals surface area contributed by atoms with Gasteiger partial charge in [-0.1, -0.05) is 0 Å². The number of nitrogens with zero attached hydrogens (tertiary/aromatic N) is 1. The highest BCUT2D eigenvalue weighted by molar-refractivity contribution is 5.91. The van der Waals surface area contributed by atoms with Crippen molar-refractivity contribution >= 4 is 18.1 Å². The molecule has 1 aromatic heterocycles. The molecule has 0 saturated carbocycles. The summed E-state index contributed by atoms with van der Waals surface area (Å²) in [5.41, 5.74) is 0. The Morgan fingerprint density at radius 1 is 1.48 bits per heavy atom. The zero-order valence-corrected chi connectivity index (χ0v) is 12.1. The second kappa shape index (κ2) is 7.52. The molecule has 1 saturated heterocycles. The lowest BCUT2D eigenvalue weighted by molar-refractivity contribution is -0.116. The Bertz CT molecular complexity index is 488. The summed E-state index contributed by atoms with van der Waals surface area (Å²) >= 11 is 0. The predicted molar refractivity (Wildman–Crippen MR) is 77.5 cm³/mol. The summed E-state index contributed by atoms with van der Waals surface area (Å²) < 4.78 is 9.80. The molecule has 6 nitrogen and oxygen atoms in total. The van der Waals surface area contributed by atoms with Crippen molar-refractivity contribution in [2.45, 2.75) is 12.8 Å². The number of piperidine rings is 1. The van der Waals surface area contributed by atoms with Gasteiger partial charge in [0.05, 0.1) is 13.4 Å². The number of furan rings is 1. The molecule has 0 bridgehead atoms. The summed E-state index contributed by atoms with van der Waals surface area (Å²) in [6.07, 6.45) is 6.12. The quantitative estimate of drug-likeness (QED) is 0.860. The summed E-state index contributed by atoms with van der Waals surface area (Å²) in [6, 6.07) is 3.55. The Balaban J connectivity index is 1.67. The van der Waals surface area contributed by atoms with Gasteiger partial charge in [0, 0.05) is 25.7 Å². The Morgan fingerprint density at radius 3 is 2.86 bits per heavy atom. The van der Waals surface area contributed by atoms with Crippen molar-refractivity contribution in [2.24, 2.45) is 5.92 Å². The number of hydrogen-bond donors (Lipinski definition) is 1. The van der Waals surface area contributed by atoms with Crippen molar-refractivity contribution in [2.75, 3.05) is 26.7 Å². The van der Waals surface area contributed by atoms with E-state index in [4.69, 9.17) is 4.42 Å². The summed E-state index contributed by atoms with van der Waals surface area (Å²) in [5, 5.41) is 2.87. The van der Waals surface area contributed by atoms with Crippen LogP contribution in [-0.2, 0) is 9.53 Å². The highest BCUT2D eigenvalue weighted by Gasteiger charge is 2.23. The van der Waals surface area contributed by atoms with Crippen LogP contribution in [0.15, 0.2) is 28.9 Å². The molecule has 2 amide bonds. The number of hydrogen-bond acceptors (Lipinski definition) is 4. The first-order chi connectivity index (χ1) is 10.2. The van der Waals surface area contributed by atoms with E-state index in [1.165, 1.54) is 13.2 Å². The molecule has 2 heterocycles. The molecule has 0 unspecified atom stereocenters. The van der Waals surface area contributed by atoms with Gasteiger partial charge in [0.1, 0.15) is 5.76 Å². The minimum Gasteiger partial charge on any atom is -0.465 e. The van der Waals surface area contributed by atoms with Crippen LogP contribution in [0.4, 0.5) is 4.79 Å². The molecule has 114 valence electrons. The van der Waals surface area contributed by atoms with Gasteiger partial charge >= 0.3 is 6.09 Å². The molecule has 1 aromatic rings. The topological polar surface area (TPSA) is 71.8 Å². The third kappa shape index (κ3) is 4.66. The van der Waals surface area contributed by atoms with E-state index in [0.717, 1.165) is 12.8 Å². The van der Waals surface area contributed by atoms with Gasteiger partial charge in [-0.05, 0) is 37.0 Å². The summed E-state index contributed by atoms with van der Waals surface area (Å²) in [5.74, 6) is 0.908. The van der Waals surface area contributed by atoms with Crippen LogP contribution >= 0.6 is 0 Å². The Morgan fingerprint density at radius 2 is 2.24 bits per heavy atom. The fourth-order valence-corrected chi connectivity index (χ4v) is 2.30. The molecule has 21 heavy (non-hydrogen) atoms. The van der Waals surface area contributed by atoms with Gasteiger partial charge in [0.2, 0.25) is 5.91 Å². The van der Waals surface area contributed by atoms with Crippen molar-refractivity contribution < 1.29 is 18.7 Å². The van der Waals surface area contributed by atoms with Gasteiger partial charge in [-0.25, -0.2) is 4.79 Å². The number of ether oxygens (including phenoxy) is 1. The normalized spacial score (nSPS) is 16.1. The van der Waals surface area contributed by atoms with Crippen molar-refractivity contribution in [3.8, 4) is 0 Å². The van der Waals surface area contributed by atoms with E-state index in [0.29, 0.717) is 31.3 Å². The van der Waals surface area contributed by atoms with Crippen molar-refractivity contribution in [3.63, 3.8) is 0 Å². The molecule has 6 heteroatoms. The van der Waals surface area contributed by atoms with Crippen LogP contribution < -0.4 is 5.32 Å². The molecule has 2 rings (SSSR count). The third-order valence-electron chi connectivity index (χ3n) is 3.55. The largest absolute Gasteiger partial charge is 0.465 e. The second-order valence-electron chi connectivity index (χ2n) is 4.99. The first kappa shape index (κ1) is 15.2. The van der Waals surface area contributed by atoms with E-state index < -0.39 is 0 Å². The summed E-state index contributed by atoms with van der Waals surface area (Å²) in [7, 11) is 1.39. The van der Waals surface area contributed by atoms with Gasteiger partial charge in [-0.2, -0.15) is 0 Å². The fraction of sp³-hybridized carbons (Fsp3) is 0.467. The number of carbonyl (C=O) groups excluding carboxylic acids is 2. The van der Waals surface area contributed by atoms with Crippen molar-refractivity contribution in [1.82, 2.24) is 10.2 Å². The van der Waals surface area contributed by atoms with Gasteiger partial charge in [0.15, 0.2) is 0 Å². The van der Waals surface area contributed by atoms with Crippen molar-refractivity contribution in [3.05, 3.63) is 30.2 Å². The summed E-state index contributed by atoms with van der Waals surface area (Å²) in [6.45, 7) is 1.97. The second-order valence-corrected chi connectivity index (χ2v) is 4.99. The highest BCUT2D eigenvalue weighted by atomic mass is 16.5. The molecule has 1 aliphatic heterocycles. The highest BCUT2D eigenvalue weighted by Crippen LogP contribution is 2.16. The molecular formula is C15H20N2O4. The molecule has 1 fully saturated rings. The fourth-order valence-electron chi connectivity index (χ4n) is 2.30. The Labute approximate surface area is 123 Å². The number of amides is 2. The van der Waals surface area contributed by atoms with Crippen molar-refractivity contribution in [1.29, 1.82) is 0 Å². The molecule has 1 N–H and O–H groups in total. The lowest BCUT2D eigenvalue weighted by Crippen LogP contribution is -2.41. The first-order valence-corrected chi connectivity index (χ1v) is 7.01. The number of nitrogens with one attached hydrogen (secondary N) is 1. The lowest BCUT2D eigenvalue weighted by Gasteiger charge is -2.30. The number of carbonyl (C=O) groups is 2. The van der Waals surface area contributed by atoms with Gasteiger partial charge < -0.3 is 19.4 Å². The minimum absolute atomic E-state index is 0.137. The maximum absolute atomic E-state index is 11.7. The smallest absolute Gasteiger partial charge is 0.409 e. The number of likely N-dealkylation sites (tertiary alicyclic amines) is 1. The number of methoxy groups -OCH3 is 1. The Kier molecular flexibility index (Phi) is 5.43. The van der Waals surface area contributed by atoms with E-state index in [-0.39, 0.29) is 12.0 Å². The van der Waals surface area contributed by atoms with E-state index in [2.05, 4.69) is 10.1 Å². The minimum atomic E-state index is -0.279. The van der Waals surface area contributed by atoms with Crippen LogP contribution in [0.2, 0.25) is 0 Å². The van der Waals surface area contributed by atoms with Crippen LogP contribution in [0.25, 0.3) is 6.08 Å². The van der Waals surface area contributed by atoms with Crippen LogP contribution in [0.3, 0.4) is 0 Å². The standard InChI is InChI=1S/C15H20N2O4/c1-20-15(19)17-8-6-12(7-9-17)11-16-14(18)5-4-13-3-2-10-21-13/h2-5,10,12H,6-9,11H2,1H3,(H,16,18)/b5-4+. The first-order valence-electron chi connectivity index (χ1n) is 7.01.